The van der Waals surface area contributed by atoms with Gasteiger partial charge in [0.2, 0.25) is 5.78 Å². The number of esters is 2. The molecule has 0 spiro atoms. The molecular formula is C33H41NO6. The van der Waals surface area contributed by atoms with Crippen LogP contribution in [0.4, 0.5) is 5.69 Å². The Morgan fingerprint density at radius 1 is 1.00 bits per heavy atom. The van der Waals surface area contributed by atoms with Crippen LogP contribution in [-0.2, 0) is 35.1 Å². The zero-order valence-corrected chi connectivity index (χ0v) is 24.2. The van der Waals surface area contributed by atoms with E-state index in [1.54, 1.807) is 0 Å². The van der Waals surface area contributed by atoms with E-state index in [2.05, 4.69) is 6.92 Å². The fourth-order valence-electron chi connectivity index (χ4n) is 8.00. The molecule has 0 saturated heterocycles. The number of fused-ring (bicyclic) bond motifs is 4. The number of Topliss-reactive ketones (excluding diaryl/α,β-unsaturated/α-hetero) is 1. The van der Waals surface area contributed by atoms with E-state index >= 15 is 0 Å². The zero-order valence-electron chi connectivity index (χ0n) is 24.2. The SMILES string of the molecule is CC(=O)O[C@]1(C(=O)COC(=O)CCc2ccc(N(C)C)cc2)CC[C@H]2[C@@H]3CCC4=CC(=O)CCC4=C3CC[C@@]21C. The Morgan fingerprint density at radius 3 is 2.45 bits per heavy atom. The molecule has 7 heteroatoms. The lowest BCUT2D eigenvalue weighted by Gasteiger charge is -2.52. The molecule has 2 fully saturated rings. The molecule has 7 nitrogen and oxygen atoms in total. The van der Waals surface area contributed by atoms with E-state index in [1.807, 2.05) is 49.3 Å². The van der Waals surface area contributed by atoms with Crippen molar-refractivity contribution in [3.05, 3.63) is 52.6 Å². The predicted molar refractivity (Wildman–Crippen MR) is 152 cm³/mol. The number of nitrogens with zero attached hydrogens (tertiary/aromatic N) is 1. The van der Waals surface area contributed by atoms with Crippen LogP contribution in [0, 0.1) is 17.3 Å². The average Bonchev–Trinajstić information content (AvgIpc) is 3.22. The first-order valence-corrected chi connectivity index (χ1v) is 14.6. The number of rotatable bonds is 8. The van der Waals surface area contributed by atoms with Crippen molar-refractivity contribution in [3.63, 3.8) is 0 Å². The van der Waals surface area contributed by atoms with Crippen molar-refractivity contribution in [2.45, 2.75) is 83.7 Å². The lowest BCUT2D eigenvalue weighted by Crippen LogP contribution is -2.57. The van der Waals surface area contributed by atoms with Gasteiger partial charge in [-0.15, -0.1) is 0 Å². The summed E-state index contributed by atoms with van der Waals surface area (Å²) in [7, 11) is 3.95. The summed E-state index contributed by atoms with van der Waals surface area (Å²) in [5.41, 5.74) is 4.30. The molecular weight excluding hydrogens is 506 g/mol. The van der Waals surface area contributed by atoms with Gasteiger partial charge in [0, 0.05) is 45.0 Å². The number of ketones is 2. The van der Waals surface area contributed by atoms with Crippen molar-refractivity contribution in [2.24, 2.45) is 17.3 Å². The summed E-state index contributed by atoms with van der Waals surface area (Å²) in [5.74, 6) is -0.483. The minimum Gasteiger partial charge on any atom is -0.457 e. The lowest BCUT2D eigenvalue weighted by atomic mass is 9.54. The molecule has 1 aromatic rings. The predicted octanol–water partition coefficient (Wildman–Crippen LogP) is 5.31. The summed E-state index contributed by atoms with van der Waals surface area (Å²) in [6, 6.07) is 8.00. The van der Waals surface area contributed by atoms with Crippen LogP contribution >= 0.6 is 0 Å². The second kappa shape index (κ2) is 11.0. The number of carbonyl (C=O) groups is 4. The standard InChI is InChI=1S/C33H41NO6/c1-21(35)40-33(30(37)20-39-31(38)14-7-22-5-9-24(10-6-22)34(3)4)18-16-29-28-12-8-23-19-25(36)11-13-26(23)27(28)15-17-32(29,33)2/h5-6,9-10,19,28-29H,7-8,11-18,20H2,1-4H3/t28-,29+,32+,33+/m1/s1. The number of carbonyl (C=O) groups excluding carboxylic acids is 4. The van der Waals surface area contributed by atoms with E-state index in [4.69, 9.17) is 9.47 Å². The minimum atomic E-state index is -1.29. The molecule has 0 aromatic heterocycles. The molecule has 0 N–H and O–H groups in total. The third kappa shape index (κ3) is 5.04. The summed E-state index contributed by atoms with van der Waals surface area (Å²) >= 11 is 0. The lowest BCUT2D eigenvalue weighted by molar-refractivity contribution is -0.186. The molecule has 0 radical (unpaired) electrons. The van der Waals surface area contributed by atoms with Gasteiger partial charge in [-0.3, -0.25) is 19.2 Å². The van der Waals surface area contributed by atoms with Crippen LogP contribution in [0.3, 0.4) is 0 Å². The summed E-state index contributed by atoms with van der Waals surface area (Å²) < 4.78 is 11.5. The highest BCUT2D eigenvalue weighted by Crippen LogP contribution is 2.64. The number of hydrogen-bond acceptors (Lipinski definition) is 7. The maximum Gasteiger partial charge on any atom is 0.306 e. The van der Waals surface area contributed by atoms with Crippen LogP contribution in [-0.4, -0.2) is 49.8 Å². The van der Waals surface area contributed by atoms with Crippen LogP contribution in [0.15, 0.2) is 47.1 Å². The highest BCUT2D eigenvalue weighted by atomic mass is 16.6. The number of aryl methyl sites for hydroxylation is 1. The molecule has 4 aliphatic carbocycles. The van der Waals surface area contributed by atoms with Crippen LogP contribution in [0.25, 0.3) is 0 Å². The fourth-order valence-corrected chi connectivity index (χ4v) is 8.00. The molecule has 1 aromatic carbocycles. The maximum absolute atomic E-state index is 13.8. The fraction of sp³-hybridized carbons (Fsp3) is 0.576. The van der Waals surface area contributed by atoms with Crippen molar-refractivity contribution >= 4 is 29.2 Å². The Morgan fingerprint density at radius 2 is 1.75 bits per heavy atom. The smallest absolute Gasteiger partial charge is 0.306 e. The van der Waals surface area contributed by atoms with Crippen molar-refractivity contribution in [2.75, 3.05) is 25.6 Å². The molecule has 0 bridgehead atoms. The maximum atomic E-state index is 13.8. The van der Waals surface area contributed by atoms with Gasteiger partial charge in [0.15, 0.2) is 18.0 Å². The van der Waals surface area contributed by atoms with Gasteiger partial charge < -0.3 is 14.4 Å². The summed E-state index contributed by atoms with van der Waals surface area (Å²) in [5, 5.41) is 0. The average molecular weight is 548 g/mol. The highest BCUT2D eigenvalue weighted by molar-refractivity contribution is 5.94. The summed E-state index contributed by atoms with van der Waals surface area (Å²) in [6.45, 7) is 3.07. The molecule has 2 saturated carbocycles. The molecule has 4 atom stereocenters. The van der Waals surface area contributed by atoms with Gasteiger partial charge in [-0.2, -0.15) is 0 Å². The number of hydrogen-bond donors (Lipinski definition) is 0. The van der Waals surface area contributed by atoms with E-state index < -0.39 is 23.0 Å². The van der Waals surface area contributed by atoms with Gasteiger partial charge in [-0.05, 0) is 98.1 Å². The molecule has 5 rings (SSSR count). The first-order valence-electron chi connectivity index (χ1n) is 14.6. The van der Waals surface area contributed by atoms with E-state index in [0.717, 1.165) is 49.8 Å². The molecule has 0 heterocycles. The molecule has 0 unspecified atom stereocenters. The third-order valence-corrected chi connectivity index (χ3v) is 10.1. The van der Waals surface area contributed by atoms with Gasteiger partial charge in [0.1, 0.15) is 0 Å². The Bertz CT molecular complexity index is 1270. The third-order valence-electron chi connectivity index (χ3n) is 10.1. The number of allylic oxidation sites excluding steroid dienone is 4. The number of benzene rings is 1. The van der Waals surface area contributed by atoms with Gasteiger partial charge >= 0.3 is 11.9 Å². The van der Waals surface area contributed by atoms with E-state index in [-0.39, 0.29) is 30.5 Å². The van der Waals surface area contributed by atoms with Crippen LogP contribution in [0.1, 0.15) is 77.2 Å². The first kappa shape index (κ1) is 28.3. The highest BCUT2D eigenvalue weighted by Gasteiger charge is 2.66. The van der Waals surface area contributed by atoms with E-state index in [1.165, 1.54) is 23.6 Å². The normalized spacial score (nSPS) is 29.1. The van der Waals surface area contributed by atoms with Gasteiger partial charge in [-0.25, -0.2) is 0 Å². The Kier molecular flexibility index (Phi) is 7.77. The second-order valence-corrected chi connectivity index (χ2v) is 12.4. The minimum absolute atomic E-state index is 0.173. The quantitative estimate of drug-likeness (QED) is 0.408. The topological polar surface area (TPSA) is 90.0 Å². The Balaban J connectivity index is 1.28. The van der Waals surface area contributed by atoms with Crippen molar-refractivity contribution in [3.8, 4) is 0 Å². The van der Waals surface area contributed by atoms with Crippen LogP contribution in [0.2, 0.25) is 0 Å². The van der Waals surface area contributed by atoms with Gasteiger partial charge in [0.05, 0.1) is 0 Å². The molecule has 40 heavy (non-hydrogen) atoms. The molecule has 214 valence electrons. The second-order valence-electron chi connectivity index (χ2n) is 12.4. The molecule has 0 amide bonds. The Hall–Kier alpha value is -3.22. The van der Waals surface area contributed by atoms with Crippen molar-refractivity contribution in [1.82, 2.24) is 0 Å². The van der Waals surface area contributed by atoms with Gasteiger partial charge in [0.25, 0.3) is 0 Å². The number of ether oxygens (including phenoxy) is 2. The largest absolute Gasteiger partial charge is 0.457 e. The van der Waals surface area contributed by atoms with Crippen molar-refractivity contribution in [1.29, 1.82) is 0 Å². The molecule has 4 aliphatic rings. The van der Waals surface area contributed by atoms with Crippen LogP contribution in [0.5, 0.6) is 0 Å². The van der Waals surface area contributed by atoms with E-state index in [0.29, 0.717) is 25.2 Å². The number of anilines is 1. The monoisotopic (exact) mass is 547 g/mol. The Labute approximate surface area is 237 Å². The summed E-state index contributed by atoms with van der Waals surface area (Å²) in [6.07, 6.45) is 8.54. The van der Waals surface area contributed by atoms with E-state index in [9.17, 15) is 19.2 Å². The van der Waals surface area contributed by atoms with Crippen LogP contribution < -0.4 is 4.90 Å². The zero-order chi connectivity index (χ0) is 28.7. The summed E-state index contributed by atoms with van der Waals surface area (Å²) in [4.78, 5) is 52.8. The first-order chi connectivity index (χ1) is 19.0. The van der Waals surface area contributed by atoms with Gasteiger partial charge in [-0.1, -0.05) is 24.6 Å². The molecule has 0 aliphatic heterocycles. The van der Waals surface area contributed by atoms with Crippen molar-refractivity contribution < 1.29 is 28.7 Å².